The van der Waals surface area contributed by atoms with Gasteiger partial charge in [0.25, 0.3) is 5.69 Å². The number of aromatic carboxylic acids is 1. The summed E-state index contributed by atoms with van der Waals surface area (Å²) in [6.45, 7) is 2.50. The van der Waals surface area contributed by atoms with Crippen LogP contribution < -0.4 is 5.32 Å². The first kappa shape index (κ1) is 14.4. The summed E-state index contributed by atoms with van der Waals surface area (Å²) in [5.41, 5.74) is 1.13. The van der Waals surface area contributed by atoms with Crippen LogP contribution in [-0.4, -0.2) is 37.5 Å². The van der Waals surface area contributed by atoms with Gasteiger partial charge in [0.15, 0.2) is 5.69 Å². The van der Waals surface area contributed by atoms with Crippen LogP contribution in [0.3, 0.4) is 0 Å². The molecule has 0 aliphatic rings. The number of aryl methyl sites for hydroxylation is 1. The van der Waals surface area contributed by atoms with Gasteiger partial charge in [-0.2, -0.15) is 0 Å². The number of nitro benzene ring substituents is 1. The Labute approximate surface area is 119 Å². The summed E-state index contributed by atoms with van der Waals surface area (Å²) in [4.78, 5) is 21.0. The second-order valence-corrected chi connectivity index (χ2v) is 4.36. The first-order valence-electron chi connectivity index (χ1n) is 6.09. The molecule has 0 saturated heterocycles. The van der Waals surface area contributed by atoms with E-state index in [1.54, 1.807) is 19.1 Å². The Morgan fingerprint density at radius 3 is 2.90 bits per heavy atom. The Morgan fingerprint density at radius 2 is 2.29 bits per heavy atom. The van der Waals surface area contributed by atoms with E-state index in [1.807, 2.05) is 0 Å². The minimum Gasteiger partial charge on any atom is -0.476 e. The molecule has 110 valence electrons. The monoisotopic (exact) mass is 291 g/mol. The van der Waals surface area contributed by atoms with Crippen LogP contribution in [-0.2, 0) is 6.54 Å². The molecule has 2 N–H and O–H groups in total. The van der Waals surface area contributed by atoms with Gasteiger partial charge in [-0.1, -0.05) is 11.3 Å². The zero-order chi connectivity index (χ0) is 15.4. The summed E-state index contributed by atoms with van der Waals surface area (Å²) in [6.07, 6.45) is 1.32. The molecule has 9 nitrogen and oxygen atoms in total. The second-order valence-electron chi connectivity index (χ2n) is 4.36. The predicted octanol–water partition coefficient (Wildman–Crippen LogP) is 1.31. The van der Waals surface area contributed by atoms with Gasteiger partial charge >= 0.3 is 5.97 Å². The largest absolute Gasteiger partial charge is 0.476 e. The molecule has 21 heavy (non-hydrogen) atoms. The van der Waals surface area contributed by atoms with E-state index >= 15 is 0 Å². The Morgan fingerprint density at radius 1 is 1.52 bits per heavy atom. The van der Waals surface area contributed by atoms with Crippen molar-refractivity contribution >= 4 is 17.3 Å². The van der Waals surface area contributed by atoms with Crippen molar-refractivity contribution in [3.8, 4) is 0 Å². The van der Waals surface area contributed by atoms with Crippen molar-refractivity contribution in [3.05, 3.63) is 45.8 Å². The molecule has 9 heteroatoms. The highest BCUT2D eigenvalue weighted by molar-refractivity contribution is 5.84. The van der Waals surface area contributed by atoms with Crippen molar-refractivity contribution in [2.45, 2.75) is 13.5 Å². The molecule has 0 saturated carbocycles. The van der Waals surface area contributed by atoms with Crippen molar-refractivity contribution < 1.29 is 14.8 Å². The third-order valence-corrected chi connectivity index (χ3v) is 2.83. The smallest absolute Gasteiger partial charge is 0.358 e. The van der Waals surface area contributed by atoms with E-state index < -0.39 is 10.9 Å². The zero-order valence-corrected chi connectivity index (χ0v) is 11.2. The van der Waals surface area contributed by atoms with Crippen molar-refractivity contribution in [1.29, 1.82) is 0 Å². The number of hydrogen-bond donors (Lipinski definition) is 2. The summed E-state index contributed by atoms with van der Waals surface area (Å²) < 4.78 is 1.39. The Kier molecular flexibility index (Phi) is 4.12. The third kappa shape index (κ3) is 3.53. The van der Waals surface area contributed by atoms with Crippen LogP contribution in [0.25, 0.3) is 0 Å². The van der Waals surface area contributed by atoms with Gasteiger partial charge in [0.05, 0.1) is 17.7 Å². The molecule has 2 rings (SSSR count). The first-order chi connectivity index (χ1) is 9.97. The van der Waals surface area contributed by atoms with Crippen LogP contribution >= 0.6 is 0 Å². The number of nitro groups is 1. The molecular formula is C12H13N5O4. The lowest BCUT2D eigenvalue weighted by Gasteiger charge is -2.07. The molecule has 0 aliphatic heterocycles. The minimum atomic E-state index is -1.14. The molecule has 1 aromatic carbocycles. The maximum Gasteiger partial charge on any atom is 0.358 e. The van der Waals surface area contributed by atoms with Gasteiger partial charge in [-0.15, -0.1) is 5.10 Å². The highest BCUT2D eigenvalue weighted by Crippen LogP contribution is 2.22. The summed E-state index contributed by atoms with van der Waals surface area (Å²) in [5.74, 6) is -1.14. The molecule has 0 bridgehead atoms. The number of carboxylic acid groups (broad SMARTS) is 1. The van der Waals surface area contributed by atoms with Crippen molar-refractivity contribution in [2.24, 2.45) is 0 Å². The minimum absolute atomic E-state index is 0.0499. The molecule has 0 unspecified atom stereocenters. The number of carbonyl (C=O) groups is 1. The van der Waals surface area contributed by atoms with E-state index in [2.05, 4.69) is 15.6 Å². The van der Waals surface area contributed by atoms with Crippen LogP contribution in [0.2, 0.25) is 0 Å². The van der Waals surface area contributed by atoms with Gasteiger partial charge < -0.3 is 10.4 Å². The Bertz CT molecular complexity index is 682. The summed E-state index contributed by atoms with van der Waals surface area (Å²) >= 11 is 0. The second kappa shape index (κ2) is 5.99. The number of carboxylic acids is 1. The van der Waals surface area contributed by atoms with Gasteiger partial charge in [-0.05, 0) is 13.0 Å². The first-order valence-corrected chi connectivity index (χ1v) is 6.09. The summed E-state index contributed by atoms with van der Waals surface area (Å²) in [7, 11) is 0. The SMILES string of the molecule is Cc1ccc(NCCn2cc(C(=O)O)nn2)cc1[N+](=O)[O-]. The number of benzene rings is 1. The number of hydrogen-bond acceptors (Lipinski definition) is 6. The normalized spacial score (nSPS) is 10.3. The van der Waals surface area contributed by atoms with Crippen molar-refractivity contribution in [1.82, 2.24) is 15.0 Å². The molecule has 1 aromatic heterocycles. The van der Waals surface area contributed by atoms with Crippen LogP contribution in [0.1, 0.15) is 16.1 Å². The highest BCUT2D eigenvalue weighted by atomic mass is 16.6. The fourth-order valence-electron chi connectivity index (χ4n) is 1.74. The summed E-state index contributed by atoms with van der Waals surface area (Å²) in [5, 5.41) is 29.7. The molecule has 0 spiro atoms. The zero-order valence-electron chi connectivity index (χ0n) is 11.2. The van der Waals surface area contributed by atoms with Gasteiger partial charge in [0.1, 0.15) is 0 Å². The van der Waals surface area contributed by atoms with Crippen LogP contribution in [0.5, 0.6) is 0 Å². The third-order valence-electron chi connectivity index (χ3n) is 2.83. The molecule has 1 heterocycles. The van der Waals surface area contributed by atoms with E-state index in [-0.39, 0.29) is 11.4 Å². The molecule has 0 radical (unpaired) electrons. The van der Waals surface area contributed by atoms with Crippen molar-refractivity contribution in [3.63, 3.8) is 0 Å². The van der Waals surface area contributed by atoms with E-state index in [0.29, 0.717) is 24.3 Å². The van der Waals surface area contributed by atoms with E-state index in [0.717, 1.165) is 0 Å². The van der Waals surface area contributed by atoms with Crippen LogP contribution in [0, 0.1) is 17.0 Å². The van der Waals surface area contributed by atoms with Crippen LogP contribution in [0.4, 0.5) is 11.4 Å². The highest BCUT2D eigenvalue weighted by Gasteiger charge is 2.11. The fourth-order valence-corrected chi connectivity index (χ4v) is 1.74. The molecule has 0 aliphatic carbocycles. The van der Waals surface area contributed by atoms with E-state index in [1.165, 1.54) is 16.9 Å². The number of rotatable bonds is 6. The Balaban J connectivity index is 1.95. The van der Waals surface area contributed by atoms with Gasteiger partial charge in [-0.3, -0.25) is 10.1 Å². The lowest BCUT2D eigenvalue weighted by atomic mass is 10.2. The fraction of sp³-hybridized carbons (Fsp3) is 0.250. The number of aromatic nitrogens is 3. The average molecular weight is 291 g/mol. The Hall–Kier alpha value is -2.97. The van der Waals surface area contributed by atoms with Crippen molar-refractivity contribution in [2.75, 3.05) is 11.9 Å². The lowest BCUT2D eigenvalue weighted by molar-refractivity contribution is -0.385. The number of anilines is 1. The maximum atomic E-state index is 10.8. The van der Waals surface area contributed by atoms with Gasteiger partial charge in [0, 0.05) is 23.9 Å². The molecule has 0 atom stereocenters. The molecule has 0 amide bonds. The van der Waals surface area contributed by atoms with E-state index in [4.69, 9.17) is 5.11 Å². The molecule has 0 fully saturated rings. The standard InChI is InChI=1S/C12H13N5O4/c1-8-2-3-9(6-11(8)17(20)21)13-4-5-16-7-10(12(18)19)14-15-16/h2-3,6-7,13H,4-5H2,1H3,(H,18,19). The number of nitrogens with zero attached hydrogens (tertiary/aromatic N) is 4. The van der Waals surface area contributed by atoms with Gasteiger partial charge in [0.2, 0.25) is 0 Å². The maximum absolute atomic E-state index is 10.8. The number of nitrogens with one attached hydrogen (secondary N) is 1. The lowest BCUT2D eigenvalue weighted by Crippen LogP contribution is -2.11. The van der Waals surface area contributed by atoms with Gasteiger partial charge in [-0.25, -0.2) is 9.48 Å². The van der Waals surface area contributed by atoms with Crippen LogP contribution in [0.15, 0.2) is 24.4 Å². The topological polar surface area (TPSA) is 123 Å². The average Bonchev–Trinajstić information content (AvgIpc) is 2.89. The quantitative estimate of drug-likeness (QED) is 0.607. The van der Waals surface area contributed by atoms with E-state index in [9.17, 15) is 14.9 Å². The summed E-state index contributed by atoms with van der Waals surface area (Å²) in [6, 6.07) is 4.87. The molecular weight excluding hydrogens is 278 g/mol. The molecule has 2 aromatic rings. The predicted molar refractivity (Wildman–Crippen MR) is 73.3 cm³/mol.